The Morgan fingerprint density at radius 3 is 2.91 bits per heavy atom. The molecule has 0 radical (unpaired) electrons. The third-order valence-corrected chi connectivity index (χ3v) is 4.14. The minimum Gasteiger partial charge on any atom is -0.374 e. The molecule has 3 aromatic rings. The van der Waals surface area contributed by atoms with E-state index in [1.165, 1.54) is 11.3 Å². The quantitative estimate of drug-likeness (QED) is 0.664. The largest absolute Gasteiger partial charge is 0.374 e. The number of carbonyl (C=O) groups is 1. The maximum Gasteiger partial charge on any atom is 0.251 e. The summed E-state index contributed by atoms with van der Waals surface area (Å²) in [5.41, 5.74) is 8.05. The number of fused-ring (bicyclic) bond motifs is 1. The lowest BCUT2D eigenvalue weighted by molar-refractivity contribution is 0.0951. The number of rotatable bonds is 5. The third kappa shape index (κ3) is 3.48. The lowest BCUT2D eigenvalue weighted by Gasteiger charge is -2.05. The van der Waals surface area contributed by atoms with E-state index >= 15 is 0 Å². The van der Waals surface area contributed by atoms with Gasteiger partial charge in [-0.05, 0) is 30.5 Å². The van der Waals surface area contributed by atoms with Crippen LogP contribution < -0.4 is 11.1 Å². The molecule has 0 aliphatic carbocycles. The maximum absolute atomic E-state index is 12.3. The first-order valence-electron chi connectivity index (χ1n) is 7.36. The zero-order chi connectivity index (χ0) is 16.4. The molecule has 120 valence electrons. The van der Waals surface area contributed by atoms with Crippen LogP contribution in [-0.4, -0.2) is 26.3 Å². The van der Waals surface area contributed by atoms with Crippen LogP contribution in [0.2, 0.25) is 0 Å². The summed E-state index contributed by atoms with van der Waals surface area (Å²) < 4.78 is 0. The standard InChI is InChI=1S/C15H18N6OS/c1-8(2)5-12-10-6-9(3-4-11(10)18-19-12)14(22)17-7-13-20-21-15(16)23-13/h3-4,6,8H,5,7H2,1-2H3,(H2,16,21)(H,17,22)(H,18,19). The monoisotopic (exact) mass is 330 g/mol. The minimum atomic E-state index is -0.155. The van der Waals surface area contributed by atoms with E-state index in [0.717, 1.165) is 23.0 Å². The molecular formula is C15H18N6OS. The van der Waals surface area contributed by atoms with Crippen molar-refractivity contribution in [2.24, 2.45) is 5.92 Å². The molecule has 1 amide bonds. The number of benzene rings is 1. The second kappa shape index (κ2) is 6.33. The van der Waals surface area contributed by atoms with Gasteiger partial charge in [-0.15, -0.1) is 10.2 Å². The topological polar surface area (TPSA) is 110 Å². The summed E-state index contributed by atoms with van der Waals surface area (Å²) in [6.07, 6.45) is 0.894. The molecule has 2 aromatic heterocycles. The summed E-state index contributed by atoms with van der Waals surface area (Å²) in [7, 11) is 0. The first-order valence-corrected chi connectivity index (χ1v) is 8.17. The molecule has 0 aliphatic rings. The van der Waals surface area contributed by atoms with Crippen LogP contribution in [0.25, 0.3) is 10.9 Å². The molecule has 4 N–H and O–H groups in total. The summed E-state index contributed by atoms with van der Waals surface area (Å²) in [5.74, 6) is 0.358. The number of carbonyl (C=O) groups excluding carboxylic acids is 1. The van der Waals surface area contributed by atoms with E-state index in [2.05, 4.69) is 39.6 Å². The van der Waals surface area contributed by atoms with E-state index in [-0.39, 0.29) is 5.91 Å². The second-order valence-electron chi connectivity index (χ2n) is 5.75. The highest BCUT2D eigenvalue weighted by molar-refractivity contribution is 7.15. The maximum atomic E-state index is 12.3. The van der Waals surface area contributed by atoms with Crippen molar-refractivity contribution in [2.45, 2.75) is 26.8 Å². The van der Waals surface area contributed by atoms with E-state index in [1.54, 1.807) is 6.07 Å². The van der Waals surface area contributed by atoms with Gasteiger partial charge in [0.05, 0.1) is 12.1 Å². The van der Waals surface area contributed by atoms with Crippen LogP contribution in [0.3, 0.4) is 0 Å². The molecule has 0 atom stereocenters. The number of H-pyrrole nitrogens is 1. The van der Waals surface area contributed by atoms with Crippen LogP contribution in [-0.2, 0) is 13.0 Å². The van der Waals surface area contributed by atoms with Crippen molar-refractivity contribution in [3.63, 3.8) is 0 Å². The Morgan fingerprint density at radius 1 is 1.39 bits per heavy atom. The molecule has 8 heteroatoms. The number of hydrogen-bond acceptors (Lipinski definition) is 6. The van der Waals surface area contributed by atoms with E-state index < -0.39 is 0 Å². The molecule has 2 heterocycles. The van der Waals surface area contributed by atoms with Gasteiger partial charge in [-0.25, -0.2) is 0 Å². The summed E-state index contributed by atoms with van der Waals surface area (Å²) in [6, 6.07) is 5.50. The van der Waals surface area contributed by atoms with Crippen LogP contribution in [0.15, 0.2) is 18.2 Å². The van der Waals surface area contributed by atoms with E-state index in [9.17, 15) is 4.79 Å². The second-order valence-corrected chi connectivity index (χ2v) is 6.84. The van der Waals surface area contributed by atoms with Crippen LogP contribution in [0.1, 0.15) is 34.9 Å². The summed E-state index contributed by atoms with van der Waals surface area (Å²) in [5, 5.41) is 19.8. The molecule has 0 spiro atoms. The normalized spacial score (nSPS) is 11.3. The number of aromatic amines is 1. The Balaban J connectivity index is 1.77. The number of nitrogens with zero attached hydrogens (tertiary/aromatic N) is 3. The Kier molecular flexibility index (Phi) is 4.24. The predicted octanol–water partition coefficient (Wildman–Crippen LogP) is 2.13. The number of amides is 1. The SMILES string of the molecule is CC(C)Cc1[nH]nc2ccc(C(=O)NCc3nnc(N)s3)cc12. The van der Waals surface area contributed by atoms with Crippen molar-refractivity contribution >= 4 is 33.3 Å². The van der Waals surface area contributed by atoms with Crippen molar-refractivity contribution in [2.75, 3.05) is 5.73 Å². The molecule has 0 bridgehead atoms. The fourth-order valence-electron chi connectivity index (χ4n) is 2.36. The number of anilines is 1. The van der Waals surface area contributed by atoms with Gasteiger partial charge in [0, 0.05) is 16.6 Å². The molecule has 0 saturated heterocycles. The molecule has 0 fully saturated rings. The number of nitrogen functional groups attached to an aromatic ring is 1. The highest BCUT2D eigenvalue weighted by atomic mass is 32.1. The van der Waals surface area contributed by atoms with Gasteiger partial charge in [-0.3, -0.25) is 9.89 Å². The van der Waals surface area contributed by atoms with Crippen LogP contribution in [0, 0.1) is 5.92 Å². The van der Waals surface area contributed by atoms with Crippen LogP contribution in [0.5, 0.6) is 0 Å². The van der Waals surface area contributed by atoms with Crippen molar-refractivity contribution in [1.29, 1.82) is 0 Å². The van der Waals surface area contributed by atoms with Gasteiger partial charge in [0.1, 0.15) is 5.01 Å². The minimum absolute atomic E-state index is 0.155. The first-order chi connectivity index (χ1) is 11.0. The number of nitrogens with one attached hydrogen (secondary N) is 2. The average molecular weight is 330 g/mol. The van der Waals surface area contributed by atoms with Gasteiger partial charge in [0.2, 0.25) is 5.13 Å². The van der Waals surface area contributed by atoms with Gasteiger partial charge in [0.25, 0.3) is 5.91 Å². The van der Waals surface area contributed by atoms with Gasteiger partial charge in [0.15, 0.2) is 0 Å². The Bertz CT molecular complexity index is 837. The van der Waals surface area contributed by atoms with Crippen LogP contribution in [0.4, 0.5) is 5.13 Å². The van der Waals surface area contributed by atoms with Crippen molar-refractivity contribution in [3.05, 3.63) is 34.5 Å². The van der Waals surface area contributed by atoms with Gasteiger partial charge >= 0.3 is 0 Å². The van der Waals surface area contributed by atoms with Crippen molar-refractivity contribution in [3.8, 4) is 0 Å². The van der Waals surface area contributed by atoms with Gasteiger partial charge in [-0.2, -0.15) is 5.10 Å². The van der Waals surface area contributed by atoms with Crippen molar-refractivity contribution in [1.82, 2.24) is 25.7 Å². The molecule has 23 heavy (non-hydrogen) atoms. The molecule has 0 saturated carbocycles. The number of hydrogen-bond donors (Lipinski definition) is 3. The molecule has 1 aromatic carbocycles. The lowest BCUT2D eigenvalue weighted by Crippen LogP contribution is -2.22. The fraction of sp³-hybridized carbons (Fsp3) is 0.333. The summed E-state index contributed by atoms with van der Waals surface area (Å²) in [4.78, 5) is 12.3. The van der Waals surface area contributed by atoms with Crippen LogP contribution >= 0.6 is 11.3 Å². The average Bonchev–Trinajstić information content (AvgIpc) is 3.10. The van der Waals surface area contributed by atoms with E-state index in [0.29, 0.717) is 28.2 Å². The zero-order valence-corrected chi connectivity index (χ0v) is 13.8. The molecule has 0 aliphatic heterocycles. The van der Waals surface area contributed by atoms with Crippen molar-refractivity contribution < 1.29 is 4.79 Å². The highest BCUT2D eigenvalue weighted by Crippen LogP contribution is 2.20. The first kappa shape index (κ1) is 15.4. The molecular weight excluding hydrogens is 312 g/mol. The smallest absolute Gasteiger partial charge is 0.251 e. The molecule has 3 rings (SSSR count). The Morgan fingerprint density at radius 2 is 2.22 bits per heavy atom. The predicted molar refractivity (Wildman–Crippen MR) is 90.1 cm³/mol. The summed E-state index contributed by atoms with van der Waals surface area (Å²) in [6.45, 7) is 4.62. The van der Waals surface area contributed by atoms with E-state index in [4.69, 9.17) is 5.73 Å². The lowest BCUT2D eigenvalue weighted by atomic mass is 10.0. The zero-order valence-electron chi connectivity index (χ0n) is 13.0. The number of nitrogens with two attached hydrogens (primary N) is 1. The number of aromatic nitrogens is 4. The van der Waals surface area contributed by atoms with Gasteiger partial charge in [-0.1, -0.05) is 25.2 Å². The van der Waals surface area contributed by atoms with Gasteiger partial charge < -0.3 is 11.1 Å². The summed E-state index contributed by atoms with van der Waals surface area (Å²) >= 11 is 1.26. The fourth-order valence-corrected chi connectivity index (χ4v) is 2.91. The Labute approximate surface area is 137 Å². The molecule has 0 unspecified atom stereocenters. The molecule has 7 nitrogen and oxygen atoms in total. The Hall–Kier alpha value is -2.48. The van der Waals surface area contributed by atoms with E-state index in [1.807, 2.05) is 12.1 Å². The third-order valence-electron chi connectivity index (χ3n) is 3.39. The highest BCUT2D eigenvalue weighted by Gasteiger charge is 2.12.